The lowest BCUT2D eigenvalue weighted by atomic mass is 10.0. The molecule has 6 nitrogen and oxygen atoms in total. The van der Waals surface area contributed by atoms with Crippen molar-refractivity contribution in [3.63, 3.8) is 0 Å². The highest BCUT2D eigenvalue weighted by Crippen LogP contribution is 2.16. The van der Waals surface area contributed by atoms with Gasteiger partial charge in [-0.05, 0) is 96.3 Å². The van der Waals surface area contributed by atoms with Gasteiger partial charge in [-0.15, -0.1) is 0 Å². The topological polar surface area (TPSA) is 78.9 Å². The van der Waals surface area contributed by atoms with Crippen LogP contribution in [0.4, 0.5) is 0 Å². The summed E-state index contributed by atoms with van der Waals surface area (Å²) in [4.78, 5) is 38.2. The molecule has 0 heterocycles. The first-order valence-electron chi connectivity index (χ1n) is 30.0. The number of hydrogen-bond acceptors (Lipinski definition) is 6. The molecule has 0 fully saturated rings. The lowest BCUT2D eigenvalue weighted by Crippen LogP contribution is -2.30. The van der Waals surface area contributed by atoms with Crippen LogP contribution in [0, 0.1) is 0 Å². The van der Waals surface area contributed by atoms with Crippen molar-refractivity contribution in [1.29, 1.82) is 0 Å². The molecule has 6 heteroatoms. The molecule has 0 aliphatic heterocycles. The summed E-state index contributed by atoms with van der Waals surface area (Å²) < 4.78 is 16.8. The number of carbonyl (C=O) groups is 3. The van der Waals surface area contributed by atoms with Gasteiger partial charge in [-0.2, -0.15) is 0 Å². The number of ether oxygens (including phenoxy) is 3. The standard InChI is InChI=1S/C67H110O6/c1-4-7-10-13-16-19-22-25-27-29-30-31-32-33-34-35-36-38-39-42-45-48-51-54-57-60-66(69)72-63-64(62-71-65(68)59-56-53-50-47-44-41-24-21-18-15-12-9-6-3)73-67(70)61-58-55-52-49-46-43-40-37-28-26-23-20-17-14-11-8-5-2/h7,9-10,12,16,18-19,21,25,27,30-31,33-34,36,38,41,44,50,53,64H,4-6,8,11,13-15,17,20,22-24,26,28-29,32,35,37,39-40,42-43,45-49,51-52,54-63H2,1-3H3/b10-7-,12-9-,19-16-,21-18-,27-25-,31-30-,34-33-,38-36-,44-41-,53-50-. The van der Waals surface area contributed by atoms with Crippen LogP contribution < -0.4 is 0 Å². The summed E-state index contributed by atoms with van der Waals surface area (Å²) in [5, 5.41) is 0. The first kappa shape index (κ1) is 68.8. The van der Waals surface area contributed by atoms with Crippen molar-refractivity contribution in [2.24, 2.45) is 0 Å². The second-order valence-corrected chi connectivity index (χ2v) is 19.5. The molecule has 414 valence electrons. The minimum Gasteiger partial charge on any atom is -0.462 e. The van der Waals surface area contributed by atoms with E-state index in [-0.39, 0.29) is 37.5 Å². The number of rotatable bonds is 53. The molecule has 0 N–H and O–H groups in total. The van der Waals surface area contributed by atoms with Crippen LogP contribution in [-0.2, 0) is 28.6 Å². The molecular formula is C67H110O6. The van der Waals surface area contributed by atoms with E-state index in [0.717, 1.165) is 116 Å². The quantitative estimate of drug-likeness (QED) is 0.0261. The highest BCUT2D eigenvalue weighted by Gasteiger charge is 2.19. The molecule has 0 aliphatic carbocycles. The Hall–Kier alpha value is -4.19. The summed E-state index contributed by atoms with van der Waals surface area (Å²) >= 11 is 0. The predicted molar refractivity (Wildman–Crippen MR) is 316 cm³/mol. The van der Waals surface area contributed by atoms with Crippen molar-refractivity contribution in [2.75, 3.05) is 13.2 Å². The maximum Gasteiger partial charge on any atom is 0.306 e. The van der Waals surface area contributed by atoms with Crippen molar-refractivity contribution in [1.82, 2.24) is 0 Å². The Kier molecular flexibility index (Phi) is 56.9. The smallest absolute Gasteiger partial charge is 0.306 e. The molecule has 0 saturated carbocycles. The zero-order valence-electron chi connectivity index (χ0n) is 47.4. The number of esters is 3. The van der Waals surface area contributed by atoms with Gasteiger partial charge in [0.15, 0.2) is 6.10 Å². The third-order valence-corrected chi connectivity index (χ3v) is 12.5. The van der Waals surface area contributed by atoms with Gasteiger partial charge in [-0.1, -0.05) is 271 Å². The molecule has 0 rings (SSSR count). The van der Waals surface area contributed by atoms with Gasteiger partial charge in [0.05, 0.1) is 0 Å². The van der Waals surface area contributed by atoms with E-state index in [4.69, 9.17) is 14.2 Å². The third kappa shape index (κ3) is 58.6. The lowest BCUT2D eigenvalue weighted by molar-refractivity contribution is -0.166. The molecule has 0 saturated heterocycles. The fourth-order valence-corrected chi connectivity index (χ4v) is 8.05. The van der Waals surface area contributed by atoms with E-state index in [1.807, 2.05) is 6.08 Å². The van der Waals surface area contributed by atoms with Crippen molar-refractivity contribution in [2.45, 2.75) is 271 Å². The fourth-order valence-electron chi connectivity index (χ4n) is 8.05. The van der Waals surface area contributed by atoms with Crippen LogP contribution in [0.25, 0.3) is 0 Å². The van der Waals surface area contributed by atoms with Gasteiger partial charge in [0, 0.05) is 19.3 Å². The van der Waals surface area contributed by atoms with E-state index in [9.17, 15) is 14.4 Å². The van der Waals surface area contributed by atoms with Crippen molar-refractivity contribution >= 4 is 17.9 Å². The number of unbranched alkanes of at least 4 members (excludes halogenated alkanes) is 22. The Balaban J connectivity index is 4.42. The predicted octanol–water partition coefficient (Wildman–Crippen LogP) is 20.4. The number of hydrogen-bond donors (Lipinski definition) is 0. The first-order valence-corrected chi connectivity index (χ1v) is 30.0. The molecule has 0 aromatic heterocycles. The molecule has 0 radical (unpaired) electrons. The monoisotopic (exact) mass is 1010 g/mol. The molecule has 73 heavy (non-hydrogen) atoms. The number of carbonyl (C=O) groups excluding carboxylic acids is 3. The lowest BCUT2D eigenvalue weighted by Gasteiger charge is -2.18. The molecule has 0 aromatic rings. The van der Waals surface area contributed by atoms with E-state index < -0.39 is 6.10 Å². The van der Waals surface area contributed by atoms with Crippen molar-refractivity contribution < 1.29 is 28.6 Å². The van der Waals surface area contributed by atoms with Gasteiger partial charge in [0.1, 0.15) is 13.2 Å². The Morgan fingerprint density at radius 1 is 0.288 bits per heavy atom. The maximum absolute atomic E-state index is 12.9. The number of allylic oxidation sites excluding steroid dienone is 20. The summed E-state index contributed by atoms with van der Waals surface area (Å²) in [7, 11) is 0. The Labute approximate surface area is 450 Å². The summed E-state index contributed by atoms with van der Waals surface area (Å²) in [5.74, 6) is -1.00. The van der Waals surface area contributed by atoms with Crippen LogP contribution in [-0.4, -0.2) is 37.2 Å². The van der Waals surface area contributed by atoms with Gasteiger partial charge in [-0.3, -0.25) is 14.4 Å². The van der Waals surface area contributed by atoms with Gasteiger partial charge in [0.2, 0.25) is 0 Å². The summed E-state index contributed by atoms with van der Waals surface area (Å²) in [6.45, 7) is 6.34. The minimum absolute atomic E-state index is 0.109. The zero-order chi connectivity index (χ0) is 52.9. The molecular weight excluding hydrogens is 901 g/mol. The normalized spacial score (nSPS) is 13.0. The summed E-state index contributed by atoms with van der Waals surface area (Å²) in [6, 6.07) is 0. The Morgan fingerprint density at radius 3 is 0.918 bits per heavy atom. The molecule has 0 amide bonds. The van der Waals surface area contributed by atoms with E-state index >= 15 is 0 Å². The first-order chi connectivity index (χ1) is 36.0. The van der Waals surface area contributed by atoms with Gasteiger partial charge in [-0.25, -0.2) is 0 Å². The average Bonchev–Trinajstić information content (AvgIpc) is 3.39. The Morgan fingerprint density at radius 2 is 0.562 bits per heavy atom. The van der Waals surface area contributed by atoms with E-state index in [2.05, 4.69) is 136 Å². The van der Waals surface area contributed by atoms with Crippen LogP contribution >= 0.6 is 0 Å². The van der Waals surface area contributed by atoms with E-state index in [1.165, 1.54) is 103 Å². The Bertz CT molecular complexity index is 1540. The summed E-state index contributed by atoms with van der Waals surface area (Å²) in [6.07, 6.45) is 83.5. The van der Waals surface area contributed by atoms with E-state index in [0.29, 0.717) is 19.3 Å². The second-order valence-electron chi connectivity index (χ2n) is 19.5. The van der Waals surface area contributed by atoms with E-state index in [1.54, 1.807) is 0 Å². The SMILES string of the molecule is CC/C=C\C/C=C\C/C=C\C/C=C\C/C=C\C/C=C\CCCCCCCCC(=O)OCC(COC(=O)CC/C=C\C/C=C\C/C=C\C/C=C\CC)OC(=O)CCCCCCCCCCCCCCCCCCC. The van der Waals surface area contributed by atoms with Crippen molar-refractivity contribution in [3.8, 4) is 0 Å². The molecule has 1 atom stereocenters. The van der Waals surface area contributed by atoms with Crippen LogP contribution in [0.2, 0.25) is 0 Å². The third-order valence-electron chi connectivity index (χ3n) is 12.5. The van der Waals surface area contributed by atoms with Gasteiger partial charge in [0.25, 0.3) is 0 Å². The second kappa shape index (κ2) is 60.4. The molecule has 1 unspecified atom stereocenters. The van der Waals surface area contributed by atoms with Crippen LogP contribution in [0.5, 0.6) is 0 Å². The van der Waals surface area contributed by atoms with Crippen LogP contribution in [0.15, 0.2) is 122 Å². The highest BCUT2D eigenvalue weighted by atomic mass is 16.6. The van der Waals surface area contributed by atoms with Crippen molar-refractivity contribution in [3.05, 3.63) is 122 Å². The van der Waals surface area contributed by atoms with Crippen LogP contribution in [0.3, 0.4) is 0 Å². The van der Waals surface area contributed by atoms with Gasteiger partial charge < -0.3 is 14.2 Å². The molecule has 0 spiro atoms. The van der Waals surface area contributed by atoms with Crippen LogP contribution in [0.1, 0.15) is 265 Å². The zero-order valence-corrected chi connectivity index (χ0v) is 47.4. The molecule has 0 aliphatic rings. The largest absolute Gasteiger partial charge is 0.462 e. The maximum atomic E-state index is 12.9. The van der Waals surface area contributed by atoms with Gasteiger partial charge >= 0.3 is 17.9 Å². The molecule has 0 bridgehead atoms. The fraction of sp³-hybridized carbons (Fsp3) is 0.657. The highest BCUT2D eigenvalue weighted by molar-refractivity contribution is 5.71. The molecule has 0 aromatic carbocycles. The minimum atomic E-state index is -0.815. The average molecular weight is 1010 g/mol. The summed E-state index contributed by atoms with van der Waals surface area (Å²) in [5.41, 5.74) is 0.